The van der Waals surface area contributed by atoms with Gasteiger partial charge in [-0.1, -0.05) is 13.3 Å². The molecule has 17 heavy (non-hydrogen) atoms. The molecule has 0 bridgehead atoms. The summed E-state index contributed by atoms with van der Waals surface area (Å²) in [6.45, 7) is 12.0. The molecule has 1 saturated heterocycles. The third-order valence-electron chi connectivity index (χ3n) is 4.12. The van der Waals surface area contributed by atoms with E-state index in [-0.39, 0.29) is 0 Å². The van der Waals surface area contributed by atoms with Gasteiger partial charge in [-0.2, -0.15) is 11.8 Å². The van der Waals surface area contributed by atoms with Crippen molar-refractivity contribution in [2.24, 2.45) is 5.92 Å². The molecular weight excluding hydrogens is 228 g/mol. The molecule has 1 aliphatic carbocycles. The van der Waals surface area contributed by atoms with Crippen LogP contribution in [0, 0.1) is 5.92 Å². The molecule has 0 spiro atoms. The normalized spacial score (nSPS) is 34.1. The number of hydrogen-bond donors (Lipinski definition) is 1. The quantitative estimate of drug-likeness (QED) is 0.832. The van der Waals surface area contributed by atoms with Crippen LogP contribution in [0.5, 0.6) is 0 Å². The van der Waals surface area contributed by atoms with Gasteiger partial charge in [-0.05, 0) is 39.2 Å². The Bertz CT molecular complexity index is 242. The molecule has 1 N–H and O–H groups in total. The van der Waals surface area contributed by atoms with Crippen molar-refractivity contribution in [1.29, 1.82) is 0 Å². The van der Waals surface area contributed by atoms with Gasteiger partial charge in [0.25, 0.3) is 0 Å². The van der Waals surface area contributed by atoms with Crippen LogP contribution >= 0.6 is 11.8 Å². The first-order chi connectivity index (χ1) is 8.11. The third kappa shape index (κ3) is 3.87. The highest BCUT2D eigenvalue weighted by molar-refractivity contribution is 8.00. The predicted molar refractivity (Wildman–Crippen MR) is 77.8 cm³/mol. The lowest BCUT2D eigenvalue weighted by Crippen LogP contribution is -2.47. The Labute approximate surface area is 111 Å². The zero-order valence-electron chi connectivity index (χ0n) is 11.7. The molecule has 0 aromatic carbocycles. The summed E-state index contributed by atoms with van der Waals surface area (Å²) < 4.78 is 0.463. The van der Waals surface area contributed by atoms with E-state index in [1.54, 1.807) is 0 Å². The highest BCUT2D eigenvalue weighted by atomic mass is 32.2. The molecule has 0 amide bonds. The summed E-state index contributed by atoms with van der Waals surface area (Å²) in [4.78, 5) is 2.71. The molecule has 2 unspecified atom stereocenters. The van der Waals surface area contributed by atoms with Gasteiger partial charge < -0.3 is 10.2 Å². The van der Waals surface area contributed by atoms with Crippen molar-refractivity contribution in [2.45, 2.75) is 50.8 Å². The molecule has 3 heteroatoms. The second kappa shape index (κ2) is 5.94. The van der Waals surface area contributed by atoms with E-state index in [4.69, 9.17) is 0 Å². The summed E-state index contributed by atoms with van der Waals surface area (Å²) in [6, 6.07) is 0.790. The van der Waals surface area contributed by atoms with Gasteiger partial charge in [0.2, 0.25) is 0 Å². The van der Waals surface area contributed by atoms with Crippen molar-refractivity contribution in [2.75, 3.05) is 31.9 Å². The number of hydrogen-bond acceptors (Lipinski definition) is 3. The molecule has 1 saturated carbocycles. The van der Waals surface area contributed by atoms with Crippen LogP contribution in [-0.2, 0) is 0 Å². The van der Waals surface area contributed by atoms with Gasteiger partial charge >= 0.3 is 0 Å². The fraction of sp³-hybridized carbons (Fsp3) is 1.00. The van der Waals surface area contributed by atoms with E-state index >= 15 is 0 Å². The van der Waals surface area contributed by atoms with E-state index in [1.807, 2.05) is 0 Å². The number of nitrogens with zero attached hydrogens (tertiary/aromatic N) is 1. The van der Waals surface area contributed by atoms with Gasteiger partial charge in [-0.3, -0.25) is 0 Å². The maximum absolute atomic E-state index is 3.67. The van der Waals surface area contributed by atoms with Crippen LogP contribution in [-0.4, -0.2) is 47.6 Å². The minimum Gasteiger partial charge on any atom is -0.314 e. The topological polar surface area (TPSA) is 15.3 Å². The van der Waals surface area contributed by atoms with Crippen LogP contribution in [0.2, 0.25) is 0 Å². The van der Waals surface area contributed by atoms with Crippen LogP contribution in [0.3, 0.4) is 0 Å². The summed E-state index contributed by atoms with van der Waals surface area (Å²) in [5.41, 5.74) is 0. The third-order valence-corrected chi connectivity index (χ3v) is 5.42. The number of thioether (sulfide) groups is 1. The standard InChI is InChI=1S/C14H28N2S/c1-4-15-13-7-5-6-12(13)10-16-8-9-17-14(2,3)11-16/h12-13,15H,4-11H2,1-3H3. The Kier molecular flexibility index (Phi) is 4.79. The second-order valence-electron chi connectivity index (χ2n) is 6.20. The van der Waals surface area contributed by atoms with Crippen LogP contribution < -0.4 is 5.32 Å². The van der Waals surface area contributed by atoms with Crippen LogP contribution in [0.25, 0.3) is 0 Å². The lowest BCUT2D eigenvalue weighted by molar-refractivity contribution is 0.206. The van der Waals surface area contributed by atoms with Gasteiger partial charge in [0.05, 0.1) is 0 Å². The van der Waals surface area contributed by atoms with E-state index in [2.05, 4.69) is 42.7 Å². The van der Waals surface area contributed by atoms with E-state index in [0.29, 0.717) is 4.75 Å². The largest absolute Gasteiger partial charge is 0.314 e. The molecule has 2 aliphatic rings. The van der Waals surface area contributed by atoms with Crippen molar-refractivity contribution >= 4 is 11.8 Å². The Balaban J connectivity index is 1.83. The zero-order chi connectivity index (χ0) is 12.3. The SMILES string of the molecule is CCNC1CCCC1CN1CCSC(C)(C)C1. The van der Waals surface area contributed by atoms with Gasteiger partial charge in [-0.25, -0.2) is 0 Å². The Hall–Kier alpha value is 0.270. The maximum Gasteiger partial charge on any atom is 0.0231 e. The van der Waals surface area contributed by atoms with Crippen molar-refractivity contribution in [1.82, 2.24) is 10.2 Å². The highest BCUT2D eigenvalue weighted by Gasteiger charge is 2.32. The lowest BCUT2D eigenvalue weighted by atomic mass is 10.0. The molecule has 0 radical (unpaired) electrons. The lowest BCUT2D eigenvalue weighted by Gasteiger charge is -2.39. The molecule has 2 nitrogen and oxygen atoms in total. The highest BCUT2D eigenvalue weighted by Crippen LogP contribution is 2.32. The molecule has 0 aromatic rings. The van der Waals surface area contributed by atoms with Crippen molar-refractivity contribution in [3.8, 4) is 0 Å². The van der Waals surface area contributed by atoms with Crippen LogP contribution in [0.15, 0.2) is 0 Å². The molecule has 100 valence electrons. The maximum atomic E-state index is 3.67. The Morgan fingerprint density at radius 2 is 2.18 bits per heavy atom. The van der Waals surface area contributed by atoms with E-state index in [9.17, 15) is 0 Å². The molecule has 1 aliphatic heterocycles. The van der Waals surface area contributed by atoms with Crippen LogP contribution in [0.1, 0.15) is 40.0 Å². The number of rotatable bonds is 4. The molecule has 2 fully saturated rings. The minimum atomic E-state index is 0.463. The van der Waals surface area contributed by atoms with E-state index < -0.39 is 0 Å². The molecular formula is C14H28N2S. The monoisotopic (exact) mass is 256 g/mol. The molecule has 2 atom stereocenters. The second-order valence-corrected chi connectivity index (χ2v) is 8.00. The smallest absolute Gasteiger partial charge is 0.0231 e. The summed E-state index contributed by atoms with van der Waals surface area (Å²) in [7, 11) is 0. The van der Waals surface area contributed by atoms with Crippen molar-refractivity contribution < 1.29 is 0 Å². The predicted octanol–water partition coefficient (Wildman–Crippen LogP) is 2.59. The first kappa shape index (κ1) is 13.7. The fourth-order valence-electron chi connectivity index (χ4n) is 3.39. The first-order valence-electron chi connectivity index (χ1n) is 7.20. The summed E-state index contributed by atoms with van der Waals surface area (Å²) in [6.07, 6.45) is 4.25. The molecule has 0 aromatic heterocycles. The van der Waals surface area contributed by atoms with Gasteiger partial charge in [0.1, 0.15) is 0 Å². The molecule has 2 rings (SSSR count). The number of nitrogens with one attached hydrogen (secondary N) is 1. The van der Waals surface area contributed by atoms with Gasteiger partial charge in [0.15, 0.2) is 0 Å². The van der Waals surface area contributed by atoms with E-state index in [0.717, 1.165) is 18.5 Å². The summed E-state index contributed by atoms with van der Waals surface area (Å²) in [5.74, 6) is 2.21. The van der Waals surface area contributed by atoms with Gasteiger partial charge in [0, 0.05) is 36.2 Å². The zero-order valence-corrected chi connectivity index (χ0v) is 12.5. The van der Waals surface area contributed by atoms with Gasteiger partial charge in [-0.15, -0.1) is 0 Å². The summed E-state index contributed by atoms with van der Waals surface area (Å²) >= 11 is 2.14. The first-order valence-corrected chi connectivity index (χ1v) is 8.19. The summed E-state index contributed by atoms with van der Waals surface area (Å²) in [5, 5.41) is 3.67. The Morgan fingerprint density at radius 3 is 2.88 bits per heavy atom. The average Bonchev–Trinajstić information content (AvgIpc) is 2.65. The Morgan fingerprint density at radius 1 is 1.35 bits per heavy atom. The molecule has 1 heterocycles. The van der Waals surface area contributed by atoms with Crippen molar-refractivity contribution in [3.63, 3.8) is 0 Å². The average molecular weight is 256 g/mol. The van der Waals surface area contributed by atoms with Crippen LogP contribution in [0.4, 0.5) is 0 Å². The van der Waals surface area contributed by atoms with Crippen molar-refractivity contribution in [3.05, 3.63) is 0 Å². The minimum absolute atomic E-state index is 0.463. The fourth-order valence-corrected chi connectivity index (χ4v) is 4.56. The van der Waals surface area contributed by atoms with E-state index in [1.165, 1.54) is 44.6 Å².